The summed E-state index contributed by atoms with van der Waals surface area (Å²) in [5.41, 5.74) is 0.157. The van der Waals surface area contributed by atoms with Crippen LogP contribution in [0.25, 0.3) is 0 Å². The van der Waals surface area contributed by atoms with Gasteiger partial charge in [0.1, 0.15) is 5.69 Å². The number of hydrogen-bond donors (Lipinski definition) is 1. The SMILES string of the molecule is CCCn1nc(C(=O)NCC2CC2)ccc1=O. The third-order valence-corrected chi connectivity index (χ3v) is 2.78. The monoisotopic (exact) mass is 235 g/mol. The van der Waals surface area contributed by atoms with Gasteiger partial charge in [-0.15, -0.1) is 0 Å². The van der Waals surface area contributed by atoms with E-state index in [2.05, 4.69) is 10.4 Å². The van der Waals surface area contributed by atoms with Gasteiger partial charge in [0.25, 0.3) is 11.5 Å². The normalized spacial score (nSPS) is 14.6. The smallest absolute Gasteiger partial charge is 0.271 e. The Morgan fingerprint density at radius 3 is 2.94 bits per heavy atom. The molecule has 2 rings (SSSR count). The average Bonchev–Trinajstić information content (AvgIpc) is 3.13. The van der Waals surface area contributed by atoms with Crippen LogP contribution in [0.5, 0.6) is 0 Å². The number of aryl methyl sites for hydroxylation is 1. The Labute approximate surface area is 99.8 Å². The molecule has 1 fully saturated rings. The zero-order chi connectivity index (χ0) is 12.3. The van der Waals surface area contributed by atoms with Crippen LogP contribution < -0.4 is 10.9 Å². The molecule has 0 atom stereocenters. The lowest BCUT2D eigenvalue weighted by Gasteiger charge is -2.06. The van der Waals surface area contributed by atoms with E-state index >= 15 is 0 Å². The van der Waals surface area contributed by atoms with Gasteiger partial charge < -0.3 is 5.32 Å². The van der Waals surface area contributed by atoms with E-state index in [0.29, 0.717) is 24.7 Å². The van der Waals surface area contributed by atoms with Gasteiger partial charge in [-0.25, -0.2) is 4.68 Å². The number of nitrogens with one attached hydrogen (secondary N) is 1. The van der Waals surface area contributed by atoms with Crippen molar-refractivity contribution in [2.24, 2.45) is 5.92 Å². The summed E-state index contributed by atoms with van der Waals surface area (Å²) in [6.45, 7) is 3.23. The predicted molar refractivity (Wildman–Crippen MR) is 63.8 cm³/mol. The van der Waals surface area contributed by atoms with Crippen molar-refractivity contribution in [1.82, 2.24) is 15.1 Å². The molecule has 1 aromatic heterocycles. The molecule has 0 radical (unpaired) electrons. The van der Waals surface area contributed by atoms with Crippen LogP contribution in [0.2, 0.25) is 0 Å². The van der Waals surface area contributed by atoms with Crippen molar-refractivity contribution in [1.29, 1.82) is 0 Å². The lowest BCUT2D eigenvalue weighted by Crippen LogP contribution is -2.30. The second kappa shape index (κ2) is 5.12. The summed E-state index contributed by atoms with van der Waals surface area (Å²) in [5.74, 6) is 0.447. The molecule has 0 unspecified atom stereocenters. The van der Waals surface area contributed by atoms with Crippen molar-refractivity contribution in [3.63, 3.8) is 0 Å². The summed E-state index contributed by atoms with van der Waals surface area (Å²) < 4.78 is 1.34. The van der Waals surface area contributed by atoms with E-state index in [1.54, 1.807) is 0 Å². The molecule has 1 heterocycles. The first-order valence-electron chi connectivity index (χ1n) is 6.07. The fourth-order valence-electron chi connectivity index (χ4n) is 1.59. The molecule has 0 aromatic carbocycles. The number of carbonyl (C=O) groups excluding carboxylic acids is 1. The van der Waals surface area contributed by atoms with Gasteiger partial charge in [-0.3, -0.25) is 9.59 Å². The van der Waals surface area contributed by atoms with E-state index < -0.39 is 0 Å². The van der Waals surface area contributed by atoms with E-state index in [1.807, 2.05) is 6.92 Å². The first-order chi connectivity index (χ1) is 8.20. The van der Waals surface area contributed by atoms with Gasteiger partial charge in [0.15, 0.2) is 0 Å². The lowest BCUT2D eigenvalue weighted by atomic mass is 10.3. The van der Waals surface area contributed by atoms with Crippen LogP contribution in [0.1, 0.15) is 36.7 Å². The molecule has 0 aliphatic heterocycles. The maximum atomic E-state index is 11.8. The Balaban J connectivity index is 2.05. The summed E-state index contributed by atoms with van der Waals surface area (Å²) in [5, 5.41) is 6.89. The van der Waals surface area contributed by atoms with Gasteiger partial charge >= 0.3 is 0 Å². The Hall–Kier alpha value is -1.65. The highest BCUT2D eigenvalue weighted by atomic mass is 16.2. The zero-order valence-electron chi connectivity index (χ0n) is 9.98. The summed E-state index contributed by atoms with van der Waals surface area (Å²) in [6, 6.07) is 2.88. The van der Waals surface area contributed by atoms with Crippen LogP contribution in [-0.4, -0.2) is 22.2 Å². The van der Waals surface area contributed by atoms with Crippen LogP contribution in [0.4, 0.5) is 0 Å². The topological polar surface area (TPSA) is 64.0 Å². The molecule has 1 aliphatic rings. The minimum absolute atomic E-state index is 0.161. The number of rotatable bonds is 5. The summed E-state index contributed by atoms with van der Waals surface area (Å²) in [7, 11) is 0. The largest absolute Gasteiger partial charge is 0.350 e. The maximum Gasteiger partial charge on any atom is 0.271 e. The molecule has 1 aliphatic carbocycles. The van der Waals surface area contributed by atoms with Gasteiger partial charge in [0.2, 0.25) is 0 Å². The van der Waals surface area contributed by atoms with E-state index in [1.165, 1.54) is 29.7 Å². The van der Waals surface area contributed by atoms with Crippen molar-refractivity contribution in [2.45, 2.75) is 32.7 Å². The molecule has 1 N–H and O–H groups in total. The van der Waals surface area contributed by atoms with Gasteiger partial charge in [0.05, 0.1) is 0 Å². The highest BCUT2D eigenvalue weighted by Gasteiger charge is 2.22. The second-order valence-corrected chi connectivity index (χ2v) is 4.43. The van der Waals surface area contributed by atoms with Crippen molar-refractivity contribution in [3.8, 4) is 0 Å². The highest BCUT2D eigenvalue weighted by molar-refractivity contribution is 5.91. The molecule has 0 saturated heterocycles. The van der Waals surface area contributed by atoms with Crippen molar-refractivity contribution in [3.05, 3.63) is 28.2 Å². The van der Waals surface area contributed by atoms with E-state index in [9.17, 15) is 9.59 Å². The van der Waals surface area contributed by atoms with Crippen LogP contribution in [0, 0.1) is 5.92 Å². The molecule has 1 amide bonds. The van der Waals surface area contributed by atoms with Gasteiger partial charge in [-0.1, -0.05) is 6.92 Å². The summed E-state index contributed by atoms with van der Waals surface area (Å²) in [4.78, 5) is 23.2. The minimum atomic E-state index is -0.193. The van der Waals surface area contributed by atoms with Crippen molar-refractivity contribution < 1.29 is 4.79 Å². The first kappa shape index (κ1) is 11.8. The number of hydrogen-bond acceptors (Lipinski definition) is 3. The Kier molecular flexibility index (Phi) is 3.56. The Morgan fingerprint density at radius 1 is 1.53 bits per heavy atom. The highest BCUT2D eigenvalue weighted by Crippen LogP contribution is 2.27. The minimum Gasteiger partial charge on any atom is -0.350 e. The summed E-state index contributed by atoms with van der Waals surface area (Å²) >= 11 is 0. The van der Waals surface area contributed by atoms with E-state index in [-0.39, 0.29) is 11.5 Å². The van der Waals surface area contributed by atoms with Gasteiger partial charge in [-0.05, 0) is 31.2 Å². The zero-order valence-corrected chi connectivity index (χ0v) is 9.98. The van der Waals surface area contributed by atoms with Gasteiger partial charge in [0, 0.05) is 19.2 Å². The van der Waals surface area contributed by atoms with Crippen LogP contribution in [0.3, 0.4) is 0 Å². The first-order valence-corrected chi connectivity index (χ1v) is 6.07. The molecular formula is C12H17N3O2. The van der Waals surface area contributed by atoms with Gasteiger partial charge in [-0.2, -0.15) is 5.10 Å². The van der Waals surface area contributed by atoms with E-state index in [0.717, 1.165) is 6.42 Å². The number of aromatic nitrogens is 2. The third kappa shape index (κ3) is 3.15. The molecule has 17 heavy (non-hydrogen) atoms. The lowest BCUT2D eigenvalue weighted by molar-refractivity contribution is 0.0944. The van der Waals surface area contributed by atoms with Crippen LogP contribution in [-0.2, 0) is 6.54 Å². The standard InChI is InChI=1S/C12H17N3O2/c1-2-7-15-11(16)6-5-10(14-15)12(17)13-8-9-3-4-9/h5-6,9H,2-4,7-8H2,1H3,(H,13,17). The predicted octanol–water partition coefficient (Wildman–Crippen LogP) is 0.793. The number of carbonyl (C=O) groups is 1. The fraction of sp³-hybridized carbons (Fsp3) is 0.583. The number of amides is 1. The van der Waals surface area contributed by atoms with Crippen molar-refractivity contribution >= 4 is 5.91 Å². The molecule has 0 spiro atoms. The molecule has 0 bridgehead atoms. The molecule has 5 heteroatoms. The molecule has 92 valence electrons. The summed E-state index contributed by atoms with van der Waals surface area (Å²) in [6.07, 6.45) is 3.21. The average molecular weight is 235 g/mol. The van der Waals surface area contributed by atoms with Crippen molar-refractivity contribution in [2.75, 3.05) is 6.54 Å². The molecule has 1 aromatic rings. The second-order valence-electron chi connectivity index (χ2n) is 4.43. The molecule has 1 saturated carbocycles. The molecule has 5 nitrogen and oxygen atoms in total. The Bertz CT molecular complexity index is 463. The fourth-order valence-corrected chi connectivity index (χ4v) is 1.59. The molecular weight excluding hydrogens is 218 g/mol. The van der Waals surface area contributed by atoms with Crippen LogP contribution in [0.15, 0.2) is 16.9 Å². The Morgan fingerprint density at radius 2 is 2.29 bits per heavy atom. The quantitative estimate of drug-likeness (QED) is 0.820. The number of nitrogens with zero attached hydrogens (tertiary/aromatic N) is 2. The maximum absolute atomic E-state index is 11.8. The van der Waals surface area contributed by atoms with E-state index in [4.69, 9.17) is 0 Å². The third-order valence-electron chi connectivity index (χ3n) is 2.78. The van der Waals surface area contributed by atoms with Crippen LogP contribution >= 0.6 is 0 Å².